The maximum atomic E-state index is 5.74. The van der Waals surface area contributed by atoms with Crippen molar-refractivity contribution in [2.75, 3.05) is 47.5 Å². The van der Waals surface area contributed by atoms with Crippen LogP contribution in [0.15, 0.2) is 12.1 Å². The van der Waals surface area contributed by atoms with E-state index >= 15 is 0 Å². The molecule has 2 atom stereocenters. The molecule has 1 saturated heterocycles. The third kappa shape index (κ3) is 3.47. The van der Waals surface area contributed by atoms with E-state index in [4.69, 9.17) is 14.2 Å². The standard InChI is InChI=1S/C19H30N2O3/c1-13(2)15-11-21(12-16(15)20(3)4)10-14-8-18-19(9-17(14)22-5)24-7-6-23-18/h8-9,13,15-16H,6-7,10-12H2,1-5H3/t15-,16+/m0/s1. The molecule has 0 radical (unpaired) electrons. The highest BCUT2D eigenvalue weighted by Crippen LogP contribution is 2.38. The van der Waals surface area contributed by atoms with Crippen molar-refractivity contribution < 1.29 is 14.2 Å². The Kier molecular flexibility index (Phi) is 5.21. The number of ether oxygens (including phenoxy) is 3. The number of nitrogens with zero attached hydrogens (tertiary/aromatic N) is 2. The second-order valence-corrected chi connectivity index (χ2v) is 7.44. The van der Waals surface area contributed by atoms with Gasteiger partial charge in [-0.1, -0.05) is 13.8 Å². The molecule has 1 aromatic rings. The fraction of sp³-hybridized carbons (Fsp3) is 0.684. The first-order valence-electron chi connectivity index (χ1n) is 8.85. The first-order valence-corrected chi connectivity index (χ1v) is 8.85. The molecule has 0 N–H and O–H groups in total. The summed E-state index contributed by atoms with van der Waals surface area (Å²) in [6, 6.07) is 4.65. The molecule has 5 nitrogen and oxygen atoms in total. The van der Waals surface area contributed by atoms with E-state index in [0.717, 1.165) is 36.9 Å². The minimum Gasteiger partial charge on any atom is -0.496 e. The van der Waals surface area contributed by atoms with Crippen molar-refractivity contribution in [1.29, 1.82) is 0 Å². The van der Waals surface area contributed by atoms with Crippen LogP contribution in [0.25, 0.3) is 0 Å². The smallest absolute Gasteiger partial charge is 0.165 e. The summed E-state index contributed by atoms with van der Waals surface area (Å²) < 4.78 is 17.0. The molecule has 1 fully saturated rings. The molecule has 0 spiro atoms. The second-order valence-electron chi connectivity index (χ2n) is 7.44. The Morgan fingerprint density at radius 1 is 1.17 bits per heavy atom. The van der Waals surface area contributed by atoms with Crippen LogP contribution in [-0.2, 0) is 6.54 Å². The zero-order chi connectivity index (χ0) is 17.3. The summed E-state index contributed by atoms with van der Waals surface area (Å²) in [5.41, 5.74) is 1.17. The molecular weight excluding hydrogens is 304 g/mol. The van der Waals surface area contributed by atoms with Gasteiger partial charge in [0.05, 0.1) is 7.11 Å². The Morgan fingerprint density at radius 3 is 2.38 bits per heavy atom. The van der Waals surface area contributed by atoms with Crippen LogP contribution in [0.2, 0.25) is 0 Å². The lowest BCUT2D eigenvalue weighted by Gasteiger charge is -2.27. The van der Waals surface area contributed by atoms with E-state index in [1.165, 1.54) is 5.56 Å². The van der Waals surface area contributed by atoms with Gasteiger partial charge < -0.3 is 19.1 Å². The molecule has 3 rings (SSSR count). The average Bonchev–Trinajstić information content (AvgIpc) is 2.98. The largest absolute Gasteiger partial charge is 0.496 e. The second kappa shape index (κ2) is 7.19. The van der Waals surface area contributed by atoms with Gasteiger partial charge in [0, 0.05) is 37.3 Å². The Labute approximate surface area is 145 Å². The van der Waals surface area contributed by atoms with Crippen molar-refractivity contribution in [2.24, 2.45) is 11.8 Å². The predicted octanol–water partition coefficient (Wildman–Crippen LogP) is 2.48. The fourth-order valence-corrected chi connectivity index (χ4v) is 3.89. The minimum absolute atomic E-state index is 0.599. The molecule has 1 aromatic carbocycles. The van der Waals surface area contributed by atoms with E-state index in [0.29, 0.717) is 31.1 Å². The van der Waals surface area contributed by atoms with Crippen LogP contribution in [-0.4, -0.2) is 63.4 Å². The van der Waals surface area contributed by atoms with E-state index in [1.807, 2.05) is 6.07 Å². The van der Waals surface area contributed by atoms with E-state index in [1.54, 1.807) is 7.11 Å². The van der Waals surface area contributed by atoms with Crippen molar-refractivity contribution in [3.05, 3.63) is 17.7 Å². The summed E-state index contributed by atoms with van der Waals surface area (Å²) in [6.07, 6.45) is 0. The summed E-state index contributed by atoms with van der Waals surface area (Å²) in [7, 11) is 6.10. The van der Waals surface area contributed by atoms with Gasteiger partial charge in [0.2, 0.25) is 0 Å². The average molecular weight is 334 g/mol. The highest BCUT2D eigenvalue weighted by molar-refractivity contribution is 5.51. The highest BCUT2D eigenvalue weighted by Gasteiger charge is 2.36. The van der Waals surface area contributed by atoms with Gasteiger partial charge in [-0.05, 0) is 32.0 Å². The number of fused-ring (bicyclic) bond motifs is 1. The van der Waals surface area contributed by atoms with Crippen molar-refractivity contribution in [2.45, 2.75) is 26.4 Å². The lowest BCUT2D eigenvalue weighted by atomic mass is 9.91. The summed E-state index contributed by atoms with van der Waals surface area (Å²) in [5, 5.41) is 0. The summed E-state index contributed by atoms with van der Waals surface area (Å²) in [4.78, 5) is 4.90. The molecule has 0 aliphatic carbocycles. The first-order chi connectivity index (χ1) is 11.5. The van der Waals surface area contributed by atoms with Crippen LogP contribution >= 0.6 is 0 Å². The third-order valence-electron chi connectivity index (χ3n) is 5.27. The lowest BCUT2D eigenvalue weighted by molar-refractivity contribution is 0.170. The van der Waals surface area contributed by atoms with Gasteiger partial charge in [-0.15, -0.1) is 0 Å². The molecule has 5 heteroatoms. The maximum absolute atomic E-state index is 5.74. The van der Waals surface area contributed by atoms with Gasteiger partial charge in [-0.3, -0.25) is 4.90 Å². The molecule has 134 valence electrons. The van der Waals surface area contributed by atoms with E-state index in [2.05, 4.69) is 43.8 Å². The Morgan fingerprint density at radius 2 is 1.83 bits per heavy atom. The van der Waals surface area contributed by atoms with E-state index in [9.17, 15) is 0 Å². The number of methoxy groups -OCH3 is 1. The van der Waals surface area contributed by atoms with Crippen LogP contribution in [0.1, 0.15) is 19.4 Å². The zero-order valence-corrected chi connectivity index (χ0v) is 15.5. The van der Waals surface area contributed by atoms with Gasteiger partial charge in [-0.25, -0.2) is 0 Å². The van der Waals surface area contributed by atoms with Crippen LogP contribution < -0.4 is 14.2 Å². The summed E-state index contributed by atoms with van der Waals surface area (Å²) in [6.45, 7) is 8.96. The quantitative estimate of drug-likeness (QED) is 0.826. The SMILES string of the molecule is COc1cc2c(cc1CN1C[C@@H](N(C)C)[C@H](C(C)C)C1)OCCO2. The van der Waals surface area contributed by atoms with Gasteiger partial charge in [0.1, 0.15) is 19.0 Å². The monoisotopic (exact) mass is 334 g/mol. The molecule has 24 heavy (non-hydrogen) atoms. The van der Waals surface area contributed by atoms with Gasteiger partial charge in [-0.2, -0.15) is 0 Å². The van der Waals surface area contributed by atoms with E-state index < -0.39 is 0 Å². The fourth-order valence-electron chi connectivity index (χ4n) is 3.89. The number of benzene rings is 1. The molecule has 0 amide bonds. The first kappa shape index (κ1) is 17.4. The molecule has 0 aromatic heterocycles. The van der Waals surface area contributed by atoms with Gasteiger partial charge in [0.15, 0.2) is 11.5 Å². The number of hydrogen-bond donors (Lipinski definition) is 0. The number of hydrogen-bond acceptors (Lipinski definition) is 5. The topological polar surface area (TPSA) is 34.2 Å². The summed E-state index contributed by atoms with van der Waals surface area (Å²) in [5.74, 6) is 3.89. The third-order valence-corrected chi connectivity index (χ3v) is 5.27. The van der Waals surface area contributed by atoms with Crippen molar-refractivity contribution in [3.8, 4) is 17.2 Å². The van der Waals surface area contributed by atoms with Gasteiger partial charge >= 0.3 is 0 Å². The Bertz CT molecular complexity index is 558. The van der Waals surface area contributed by atoms with Crippen molar-refractivity contribution in [3.63, 3.8) is 0 Å². The zero-order valence-electron chi connectivity index (χ0n) is 15.5. The normalized spacial score (nSPS) is 24.0. The van der Waals surface area contributed by atoms with E-state index in [-0.39, 0.29) is 0 Å². The number of rotatable bonds is 5. The molecule has 2 heterocycles. The molecular formula is C19H30N2O3. The molecule has 2 aliphatic heterocycles. The van der Waals surface area contributed by atoms with Gasteiger partial charge in [0.25, 0.3) is 0 Å². The Balaban J connectivity index is 1.78. The van der Waals surface area contributed by atoms with Crippen LogP contribution in [0.3, 0.4) is 0 Å². The lowest BCUT2D eigenvalue weighted by Crippen LogP contribution is -2.37. The minimum atomic E-state index is 0.599. The molecule has 0 saturated carbocycles. The Hall–Kier alpha value is -1.46. The highest BCUT2D eigenvalue weighted by atomic mass is 16.6. The molecule has 0 bridgehead atoms. The van der Waals surface area contributed by atoms with Crippen LogP contribution in [0.5, 0.6) is 17.2 Å². The number of likely N-dealkylation sites (tertiary alicyclic amines) is 1. The number of likely N-dealkylation sites (N-methyl/N-ethyl adjacent to an activating group) is 1. The van der Waals surface area contributed by atoms with Crippen LogP contribution in [0.4, 0.5) is 0 Å². The van der Waals surface area contributed by atoms with Crippen molar-refractivity contribution >= 4 is 0 Å². The summed E-state index contributed by atoms with van der Waals surface area (Å²) >= 11 is 0. The molecule has 2 aliphatic rings. The predicted molar refractivity (Wildman–Crippen MR) is 95.1 cm³/mol. The maximum Gasteiger partial charge on any atom is 0.165 e. The van der Waals surface area contributed by atoms with Crippen LogP contribution in [0, 0.1) is 11.8 Å². The van der Waals surface area contributed by atoms with Crippen molar-refractivity contribution in [1.82, 2.24) is 9.80 Å². The molecule has 0 unspecified atom stereocenters.